The first kappa shape index (κ1) is 14.2. The summed E-state index contributed by atoms with van der Waals surface area (Å²) in [7, 11) is 1.51. The van der Waals surface area contributed by atoms with Gasteiger partial charge in [-0.1, -0.05) is 12.1 Å². The molecule has 0 atom stereocenters. The Morgan fingerprint density at radius 3 is 2.89 bits per heavy atom. The molecule has 0 aliphatic heterocycles. The minimum Gasteiger partial charge on any atom is -0.492 e. The summed E-state index contributed by atoms with van der Waals surface area (Å²) in [6.07, 6.45) is 4.17. The zero-order valence-corrected chi connectivity index (χ0v) is 10.2. The second-order valence-electron chi connectivity index (χ2n) is 3.36. The van der Waals surface area contributed by atoms with E-state index in [0.29, 0.717) is 29.8 Å². The number of aliphatic hydroxyl groups excluding tert-OH is 1. The number of ether oxygens (including phenoxy) is 1. The van der Waals surface area contributed by atoms with Crippen molar-refractivity contribution in [1.29, 1.82) is 0 Å². The summed E-state index contributed by atoms with van der Waals surface area (Å²) in [6, 6.07) is 5.24. The molecule has 0 aliphatic carbocycles. The van der Waals surface area contributed by atoms with Gasteiger partial charge in [-0.05, 0) is 24.6 Å². The Kier molecular flexibility index (Phi) is 6.53. The maximum Gasteiger partial charge on any atom is 0.207 e. The Hall–Kier alpha value is -1.85. The summed E-state index contributed by atoms with van der Waals surface area (Å²) in [5, 5.41) is 8.60. The molecule has 1 rings (SSSR count). The molecule has 0 spiro atoms. The van der Waals surface area contributed by atoms with Crippen LogP contribution in [0.25, 0.3) is 6.08 Å². The molecule has 0 aromatic heterocycles. The fourth-order valence-electron chi connectivity index (χ4n) is 1.32. The van der Waals surface area contributed by atoms with Gasteiger partial charge in [0, 0.05) is 12.2 Å². The fraction of sp³-hybridized carbons (Fsp3) is 0.308. The number of allylic oxidation sites excluding steroid dienone is 1. The van der Waals surface area contributed by atoms with Crippen molar-refractivity contribution in [3.63, 3.8) is 0 Å². The van der Waals surface area contributed by atoms with E-state index < -0.39 is 0 Å². The average molecular weight is 252 g/mol. The van der Waals surface area contributed by atoms with E-state index in [1.54, 1.807) is 24.3 Å². The maximum absolute atomic E-state index is 10.3. The van der Waals surface area contributed by atoms with Gasteiger partial charge in [-0.25, -0.2) is 0 Å². The summed E-state index contributed by atoms with van der Waals surface area (Å²) in [4.78, 5) is 20.3. The SMILES string of the molecule is COc1c(/C=C/C=O)cccc1OOCCCO. The predicted octanol–water partition coefficient (Wildman–Crippen LogP) is 1.60. The number of aldehydes is 1. The Morgan fingerprint density at radius 2 is 2.22 bits per heavy atom. The Labute approximate surface area is 106 Å². The van der Waals surface area contributed by atoms with E-state index in [-0.39, 0.29) is 13.2 Å². The van der Waals surface area contributed by atoms with E-state index >= 15 is 0 Å². The second kappa shape index (κ2) is 8.27. The lowest BCUT2D eigenvalue weighted by molar-refractivity contribution is -0.209. The van der Waals surface area contributed by atoms with Crippen LogP contribution >= 0.6 is 0 Å². The monoisotopic (exact) mass is 252 g/mol. The minimum absolute atomic E-state index is 0.0443. The summed E-state index contributed by atoms with van der Waals surface area (Å²) < 4.78 is 5.21. The smallest absolute Gasteiger partial charge is 0.207 e. The number of benzene rings is 1. The van der Waals surface area contributed by atoms with Gasteiger partial charge in [0.25, 0.3) is 0 Å². The number of para-hydroxylation sites is 1. The molecule has 1 aromatic carbocycles. The van der Waals surface area contributed by atoms with E-state index in [0.717, 1.165) is 0 Å². The molecule has 0 fully saturated rings. The van der Waals surface area contributed by atoms with Gasteiger partial charge in [0.1, 0.15) is 6.29 Å². The highest BCUT2D eigenvalue weighted by Gasteiger charge is 2.09. The molecular weight excluding hydrogens is 236 g/mol. The van der Waals surface area contributed by atoms with Crippen molar-refractivity contribution in [1.82, 2.24) is 0 Å². The molecule has 0 unspecified atom stereocenters. The van der Waals surface area contributed by atoms with E-state index in [2.05, 4.69) is 0 Å². The molecule has 0 aliphatic rings. The minimum atomic E-state index is 0.0443. The van der Waals surface area contributed by atoms with Crippen molar-refractivity contribution < 1.29 is 24.4 Å². The van der Waals surface area contributed by atoms with Gasteiger partial charge in [0.15, 0.2) is 5.75 Å². The number of carbonyl (C=O) groups excluding carboxylic acids is 1. The first-order chi connectivity index (χ1) is 8.83. The summed E-state index contributed by atoms with van der Waals surface area (Å²) in [6.45, 7) is 0.330. The van der Waals surface area contributed by atoms with Crippen LogP contribution in [0.15, 0.2) is 24.3 Å². The van der Waals surface area contributed by atoms with Crippen LogP contribution < -0.4 is 9.62 Å². The highest BCUT2D eigenvalue weighted by atomic mass is 17.2. The molecule has 0 amide bonds. The quantitative estimate of drug-likeness (QED) is 0.250. The molecule has 5 nitrogen and oxygen atoms in total. The molecule has 5 heteroatoms. The third kappa shape index (κ3) is 4.20. The lowest BCUT2D eigenvalue weighted by Crippen LogP contribution is -2.03. The molecular formula is C13H16O5. The molecule has 0 saturated heterocycles. The van der Waals surface area contributed by atoms with Gasteiger partial charge in [0.2, 0.25) is 5.75 Å². The molecule has 18 heavy (non-hydrogen) atoms. The van der Waals surface area contributed by atoms with Gasteiger partial charge in [0.05, 0.1) is 13.7 Å². The average Bonchev–Trinajstić information content (AvgIpc) is 2.41. The van der Waals surface area contributed by atoms with Crippen LogP contribution in [-0.2, 0) is 9.68 Å². The zero-order valence-electron chi connectivity index (χ0n) is 10.2. The normalized spacial score (nSPS) is 10.6. The zero-order chi connectivity index (χ0) is 13.2. The van der Waals surface area contributed by atoms with Crippen molar-refractivity contribution >= 4 is 12.4 Å². The van der Waals surface area contributed by atoms with Crippen LogP contribution in [-0.4, -0.2) is 31.7 Å². The molecule has 1 N–H and O–H groups in total. The van der Waals surface area contributed by atoms with E-state index in [9.17, 15) is 4.79 Å². The van der Waals surface area contributed by atoms with Crippen LogP contribution in [0.4, 0.5) is 0 Å². The van der Waals surface area contributed by atoms with Gasteiger partial charge in [-0.2, -0.15) is 4.89 Å². The van der Waals surface area contributed by atoms with Crippen LogP contribution in [0.3, 0.4) is 0 Å². The Balaban J connectivity index is 2.77. The van der Waals surface area contributed by atoms with E-state index in [1.807, 2.05) is 0 Å². The largest absolute Gasteiger partial charge is 0.492 e. The maximum atomic E-state index is 10.3. The molecule has 0 bridgehead atoms. The van der Waals surface area contributed by atoms with E-state index in [4.69, 9.17) is 19.6 Å². The molecule has 0 saturated carbocycles. The van der Waals surface area contributed by atoms with Crippen molar-refractivity contribution in [3.8, 4) is 11.5 Å². The molecule has 0 radical (unpaired) electrons. The van der Waals surface area contributed by atoms with Crippen molar-refractivity contribution in [2.75, 3.05) is 20.3 Å². The fourth-order valence-corrected chi connectivity index (χ4v) is 1.32. The van der Waals surface area contributed by atoms with Gasteiger partial charge in [-0.15, -0.1) is 0 Å². The van der Waals surface area contributed by atoms with Crippen LogP contribution in [0.2, 0.25) is 0 Å². The highest BCUT2D eigenvalue weighted by molar-refractivity contribution is 5.76. The number of carbonyl (C=O) groups is 1. The summed E-state index contributed by atoms with van der Waals surface area (Å²) >= 11 is 0. The van der Waals surface area contributed by atoms with Gasteiger partial charge < -0.3 is 14.7 Å². The first-order valence-electron chi connectivity index (χ1n) is 5.52. The van der Waals surface area contributed by atoms with Crippen LogP contribution in [0, 0.1) is 0 Å². The highest BCUT2D eigenvalue weighted by Crippen LogP contribution is 2.31. The number of hydrogen-bond donors (Lipinski definition) is 1. The second-order valence-corrected chi connectivity index (χ2v) is 3.36. The standard InChI is InChI=1S/C13H16O5/c1-16-13-11(6-3-8-14)5-2-7-12(13)18-17-10-4-9-15/h2-3,5-8,15H,4,9-10H2,1H3/b6-3+. The number of aliphatic hydroxyl groups is 1. The third-order valence-electron chi connectivity index (χ3n) is 2.10. The molecule has 98 valence electrons. The van der Waals surface area contributed by atoms with Crippen LogP contribution in [0.5, 0.6) is 11.5 Å². The number of methoxy groups -OCH3 is 1. The first-order valence-corrected chi connectivity index (χ1v) is 5.52. The number of hydrogen-bond acceptors (Lipinski definition) is 5. The molecule has 1 aromatic rings. The topological polar surface area (TPSA) is 65.0 Å². The Bertz CT molecular complexity index is 400. The van der Waals surface area contributed by atoms with Gasteiger partial charge in [-0.3, -0.25) is 4.79 Å². The van der Waals surface area contributed by atoms with Crippen molar-refractivity contribution in [2.45, 2.75) is 6.42 Å². The summed E-state index contributed by atoms with van der Waals surface area (Å²) in [5.41, 5.74) is 0.716. The molecule has 0 heterocycles. The van der Waals surface area contributed by atoms with E-state index in [1.165, 1.54) is 13.2 Å². The third-order valence-corrected chi connectivity index (χ3v) is 2.10. The van der Waals surface area contributed by atoms with Crippen molar-refractivity contribution in [3.05, 3.63) is 29.8 Å². The lowest BCUT2D eigenvalue weighted by Gasteiger charge is -2.11. The predicted molar refractivity (Wildman–Crippen MR) is 66.4 cm³/mol. The lowest BCUT2D eigenvalue weighted by atomic mass is 10.1. The Morgan fingerprint density at radius 1 is 1.39 bits per heavy atom. The van der Waals surface area contributed by atoms with Crippen LogP contribution in [0.1, 0.15) is 12.0 Å². The summed E-state index contributed by atoms with van der Waals surface area (Å²) in [5.74, 6) is 0.906. The van der Waals surface area contributed by atoms with Crippen molar-refractivity contribution in [2.24, 2.45) is 0 Å². The number of rotatable bonds is 8. The van der Waals surface area contributed by atoms with Gasteiger partial charge >= 0.3 is 0 Å².